The van der Waals surface area contributed by atoms with Gasteiger partial charge in [-0.15, -0.1) is 0 Å². The van der Waals surface area contributed by atoms with Gasteiger partial charge in [0.05, 0.1) is 6.61 Å². The second-order valence-electron chi connectivity index (χ2n) is 2.80. The first-order valence-electron chi connectivity index (χ1n) is 4.38. The molecule has 4 heteroatoms. The minimum absolute atomic E-state index is 0.454. The molecule has 0 radical (unpaired) electrons. The van der Waals surface area contributed by atoms with Crippen LogP contribution in [0.25, 0.3) is 0 Å². The van der Waals surface area contributed by atoms with Crippen LogP contribution in [0.1, 0.15) is 5.56 Å². The van der Waals surface area contributed by atoms with Gasteiger partial charge in [0.2, 0.25) is 0 Å². The first kappa shape index (κ1) is 11.7. The lowest BCUT2D eigenvalue weighted by Gasteiger charge is -2.09. The van der Waals surface area contributed by atoms with Gasteiger partial charge in [-0.1, -0.05) is 11.6 Å². The average Bonchev–Trinajstić information content (AvgIpc) is 2.20. The molecular weight excluding hydrogens is 218 g/mol. The van der Waals surface area contributed by atoms with Crippen molar-refractivity contribution in [2.45, 2.75) is 6.54 Å². The van der Waals surface area contributed by atoms with E-state index in [1.165, 1.54) is 0 Å². The maximum atomic E-state index is 5.84. The fourth-order valence-corrected chi connectivity index (χ4v) is 1.53. The topological polar surface area (TPSA) is 35.2 Å². The number of hydrogen-bond acceptors (Lipinski definition) is 3. The molecule has 1 aromatic carbocycles. The van der Waals surface area contributed by atoms with E-state index in [0.717, 1.165) is 17.1 Å². The molecule has 0 amide bonds. The zero-order chi connectivity index (χ0) is 10.4. The molecule has 0 heterocycles. The van der Waals surface area contributed by atoms with E-state index in [0.29, 0.717) is 18.2 Å². The second-order valence-corrected chi connectivity index (χ2v) is 4.22. The highest BCUT2D eigenvalue weighted by Crippen LogP contribution is 2.22. The van der Waals surface area contributed by atoms with Crippen LogP contribution >= 0.6 is 23.4 Å². The molecule has 0 spiro atoms. The standard InChI is InChI=1S/C10H14ClNOS/c1-14-5-4-13-10-3-2-9(11)6-8(10)7-12/h2-3,6H,4-5,7,12H2,1H3. The molecule has 0 saturated heterocycles. The summed E-state index contributed by atoms with van der Waals surface area (Å²) in [4.78, 5) is 0. The van der Waals surface area contributed by atoms with Gasteiger partial charge in [-0.05, 0) is 24.5 Å². The van der Waals surface area contributed by atoms with Gasteiger partial charge in [0.15, 0.2) is 0 Å². The molecule has 0 aliphatic rings. The highest BCUT2D eigenvalue weighted by molar-refractivity contribution is 7.98. The number of nitrogens with two attached hydrogens (primary N) is 1. The van der Waals surface area contributed by atoms with Gasteiger partial charge < -0.3 is 10.5 Å². The highest BCUT2D eigenvalue weighted by Gasteiger charge is 2.02. The van der Waals surface area contributed by atoms with Crippen LogP contribution in [0.5, 0.6) is 5.75 Å². The quantitative estimate of drug-likeness (QED) is 0.792. The number of benzene rings is 1. The Hall–Kier alpha value is -0.380. The second kappa shape index (κ2) is 6.17. The summed E-state index contributed by atoms with van der Waals surface area (Å²) in [7, 11) is 0. The van der Waals surface area contributed by atoms with Crippen LogP contribution in [-0.4, -0.2) is 18.6 Å². The van der Waals surface area contributed by atoms with Crippen LogP contribution in [0, 0.1) is 0 Å². The van der Waals surface area contributed by atoms with E-state index >= 15 is 0 Å². The maximum Gasteiger partial charge on any atom is 0.123 e. The Morgan fingerprint density at radius 1 is 1.50 bits per heavy atom. The first-order valence-corrected chi connectivity index (χ1v) is 6.15. The molecule has 2 N–H and O–H groups in total. The number of halogens is 1. The molecule has 0 unspecified atom stereocenters. The van der Waals surface area contributed by atoms with E-state index in [2.05, 4.69) is 6.26 Å². The van der Waals surface area contributed by atoms with Gasteiger partial charge in [0.1, 0.15) is 5.75 Å². The summed E-state index contributed by atoms with van der Waals surface area (Å²) in [5.74, 6) is 1.82. The SMILES string of the molecule is CSCCOc1ccc(Cl)cc1CN. The monoisotopic (exact) mass is 231 g/mol. The molecule has 78 valence electrons. The number of hydrogen-bond donors (Lipinski definition) is 1. The van der Waals surface area contributed by atoms with Gasteiger partial charge in [-0.3, -0.25) is 0 Å². The van der Waals surface area contributed by atoms with Crippen molar-refractivity contribution in [1.82, 2.24) is 0 Å². The van der Waals surface area contributed by atoms with Gasteiger partial charge in [0.25, 0.3) is 0 Å². The fraction of sp³-hybridized carbons (Fsp3) is 0.400. The summed E-state index contributed by atoms with van der Waals surface area (Å²) in [6.07, 6.45) is 2.05. The summed E-state index contributed by atoms with van der Waals surface area (Å²) in [5, 5.41) is 0.697. The lowest BCUT2D eigenvalue weighted by molar-refractivity contribution is 0.340. The molecule has 0 aromatic heterocycles. The van der Waals surface area contributed by atoms with Crippen LogP contribution in [0.2, 0.25) is 5.02 Å². The lowest BCUT2D eigenvalue weighted by atomic mass is 10.2. The third kappa shape index (κ3) is 3.40. The molecule has 14 heavy (non-hydrogen) atoms. The van der Waals surface area contributed by atoms with Gasteiger partial charge >= 0.3 is 0 Å². The summed E-state index contributed by atoms with van der Waals surface area (Å²) < 4.78 is 5.56. The van der Waals surface area contributed by atoms with Crippen molar-refractivity contribution >= 4 is 23.4 Å². The number of thioether (sulfide) groups is 1. The maximum absolute atomic E-state index is 5.84. The van der Waals surface area contributed by atoms with Crippen molar-refractivity contribution < 1.29 is 4.74 Å². The van der Waals surface area contributed by atoms with Crippen molar-refractivity contribution in [2.75, 3.05) is 18.6 Å². The molecule has 0 aliphatic heterocycles. The third-order valence-corrected chi connectivity index (χ3v) is 2.60. The fourth-order valence-electron chi connectivity index (χ4n) is 1.08. The van der Waals surface area contributed by atoms with E-state index in [-0.39, 0.29) is 0 Å². The van der Waals surface area contributed by atoms with E-state index in [1.54, 1.807) is 11.8 Å². The molecule has 0 atom stereocenters. The Morgan fingerprint density at radius 3 is 2.93 bits per heavy atom. The van der Waals surface area contributed by atoms with Gasteiger partial charge in [-0.25, -0.2) is 0 Å². The highest BCUT2D eigenvalue weighted by atomic mass is 35.5. The predicted octanol–water partition coefficient (Wildman–Crippen LogP) is 2.54. The predicted molar refractivity (Wildman–Crippen MR) is 63.2 cm³/mol. The minimum Gasteiger partial charge on any atom is -0.492 e. The molecule has 2 nitrogen and oxygen atoms in total. The Morgan fingerprint density at radius 2 is 2.29 bits per heavy atom. The van der Waals surface area contributed by atoms with Crippen molar-refractivity contribution in [3.8, 4) is 5.75 Å². The van der Waals surface area contributed by atoms with Crippen LogP contribution < -0.4 is 10.5 Å². The van der Waals surface area contributed by atoms with E-state index in [4.69, 9.17) is 22.1 Å². The molecular formula is C10H14ClNOS. The van der Waals surface area contributed by atoms with Crippen molar-refractivity contribution in [3.05, 3.63) is 28.8 Å². The van der Waals surface area contributed by atoms with Crippen LogP contribution in [0.4, 0.5) is 0 Å². The van der Waals surface area contributed by atoms with Crippen LogP contribution in [0.3, 0.4) is 0 Å². The molecule has 0 bridgehead atoms. The zero-order valence-electron chi connectivity index (χ0n) is 8.13. The Kier molecular flexibility index (Phi) is 5.15. The summed E-state index contributed by atoms with van der Waals surface area (Å²) >= 11 is 7.60. The van der Waals surface area contributed by atoms with E-state index in [1.807, 2.05) is 18.2 Å². The Balaban J connectivity index is 2.65. The molecule has 1 rings (SSSR count). The normalized spacial score (nSPS) is 10.2. The Labute approximate surface area is 93.8 Å². The van der Waals surface area contributed by atoms with E-state index < -0.39 is 0 Å². The zero-order valence-corrected chi connectivity index (χ0v) is 9.70. The third-order valence-electron chi connectivity index (χ3n) is 1.79. The van der Waals surface area contributed by atoms with Crippen LogP contribution in [0.15, 0.2) is 18.2 Å². The number of rotatable bonds is 5. The Bertz CT molecular complexity index is 293. The van der Waals surface area contributed by atoms with Gasteiger partial charge in [-0.2, -0.15) is 11.8 Å². The van der Waals surface area contributed by atoms with Crippen molar-refractivity contribution in [2.24, 2.45) is 5.73 Å². The minimum atomic E-state index is 0.454. The molecule has 1 aromatic rings. The van der Waals surface area contributed by atoms with Crippen LogP contribution in [-0.2, 0) is 6.54 Å². The van der Waals surface area contributed by atoms with E-state index in [9.17, 15) is 0 Å². The smallest absolute Gasteiger partial charge is 0.123 e. The summed E-state index contributed by atoms with van der Waals surface area (Å²) in [6.45, 7) is 1.16. The lowest BCUT2D eigenvalue weighted by Crippen LogP contribution is -2.05. The first-order chi connectivity index (χ1) is 6.77. The summed E-state index contributed by atoms with van der Waals surface area (Å²) in [5.41, 5.74) is 6.54. The molecule has 0 fully saturated rings. The average molecular weight is 232 g/mol. The largest absolute Gasteiger partial charge is 0.492 e. The van der Waals surface area contributed by atoms with Crippen molar-refractivity contribution in [1.29, 1.82) is 0 Å². The van der Waals surface area contributed by atoms with Gasteiger partial charge in [0, 0.05) is 22.9 Å². The molecule has 0 saturated carbocycles. The van der Waals surface area contributed by atoms with Crippen molar-refractivity contribution in [3.63, 3.8) is 0 Å². The summed E-state index contributed by atoms with van der Waals surface area (Å²) in [6, 6.07) is 5.52. The number of ether oxygens (including phenoxy) is 1. The molecule has 0 aliphatic carbocycles.